The highest BCUT2D eigenvalue weighted by Crippen LogP contribution is 2.34. The van der Waals surface area contributed by atoms with Crippen LogP contribution in [0.3, 0.4) is 0 Å². The first-order valence-electron chi connectivity index (χ1n) is 7.21. The molecule has 0 aliphatic rings. The van der Waals surface area contributed by atoms with Crippen molar-refractivity contribution < 1.29 is 9.47 Å². The molecule has 25 heavy (non-hydrogen) atoms. The minimum Gasteiger partial charge on any atom is -0.497 e. The van der Waals surface area contributed by atoms with Crippen molar-refractivity contribution in [3.63, 3.8) is 0 Å². The van der Waals surface area contributed by atoms with E-state index in [0.29, 0.717) is 27.3 Å². The van der Waals surface area contributed by atoms with Gasteiger partial charge in [-0.2, -0.15) is 4.98 Å². The summed E-state index contributed by atoms with van der Waals surface area (Å²) >= 11 is 12.1. The fraction of sp³-hybridized carbons (Fsp3) is 0.0588. The van der Waals surface area contributed by atoms with Crippen LogP contribution in [0.1, 0.15) is 0 Å². The van der Waals surface area contributed by atoms with Crippen LogP contribution in [-0.4, -0.2) is 17.1 Å². The smallest absolute Gasteiger partial charge is 0.248 e. The summed E-state index contributed by atoms with van der Waals surface area (Å²) in [6.07, 6.45) is 1.35. The molecule has 0 aliphatic carbocycles. The first-order valence-corrected chi connectivity index (χ1v) is 7.97. The number of hydrogen-bond acceptors (Lipinski definition) is 6. The molecule has 3 aromatic rings. The van der Waals surface area contributed by atoms with Crippen LogP contribution < -0.4 is 20.5 Å². The number of benzene rings is 2. The van der Waals surface area contributed by atoms with Gasteiger partial charge in [0.2, 0.25) is 5.88 Å². The lowest BCUT2D eigenvalue weighted by Crippen LogP contribution is -2.03. The summed E-state index contributed by atoms with van der Waals surface area (Å²) in [7, 11) is 1.60. The number of nitrogens with one attached hydrogen (secondary N) is 1. The van der Waals surface area contributed by atoms with Crippen molar-refractivity contribution in [2.24, 2.45) is 0 Å². The number of rotatable bonds is 5. The average Bonchev–Trinajstić information content (AvgIpc) is 2.61. The minimum atomic E-state index is 0.229. The highest BCUT2D eigenvalue weighted by Gasteiger charge is 2.12. The van der Waals surface area contributed by atoms with Gasteiger partial charge in [-0.3, -0.25) is 0 Å². The van der Waals surface area contributed by atoms with E-state index < -0.39 is 0 Å². The zero-order chi connectivity index (χ0) is 17.8. The SMILES string of the molecule is COc1ccc(Oc2ncnc(Nc3ccc(Cl)cc3Cl)c2N)cc1. The zero-order valence-electron chi connectivity index (χ0n) is 13.2. The lowest BCUT2D eigenvalue weighted by atomic mass is 10.3. The maximum atomic E-state index is 6.16. The highest BCUT2D eigenvalue weighted by molar-refractivity contribution is 6.36. The van der Waals surface area contributed by atoms with Crippen LogP contribution in [0.15, 0.2) is 48.8 Å². The molecule has 0 fully saturated rings. The van der Waals surface area contributed by atoms with Crippen LogP contribution in [0, 0.1) is 0 Å². The van der Waals surface area contributed by atoms with Crippen molar-refractivity contribution in [3.8, 4) is 17.4 Å². The second-order valence-corrected chi connectivity index (χ2v) is 5.81. The number of halogens is 2. The van der Waals surface area contributed by atoms with Gasteiger partial charge in [-0.15, -0.1) is 0 Å². The molecule has 1 heterocycles. The van der Waals surface area contributed by atoms with Gasteiger partial charge in [0.05, 0.1) is 17.8 Å². The van der Waals surface area contributed by atoms with E-state index in [-0.39, 0.29) is 11.6 Å². The zero-order valence-corrected chi connectivity index (χ0v) is 14.7. The Bertz CT molecular complexity index is 888. The Morgan fingerprint density at radius 2 is 1.72 bits per heavy atom. The molecule has 0 saturated heterocycles. The lowest BCUT2D eigenvalue weighted by Gasteiger charge is -2.13. The average molecular weight is 377 g/mol. The maximum Gasteiger partial charge on any atom is 0.248 e. The van der Waals surface area contributed by atoms with E-state index in [1.54, 1.807) is 49.6 Å². The van der Waals surface area contributed by atoms with Crippen LogP contribution in [-0.2, 0) is 0 Å². The van der Waals surface area contributed by atoms with Crippen LogP contribution in [0.2, 0.25) is 10.0 Å². The van der Waals surface area contributed by atoms with Crippen molar-refractivity contribution in [1.82, 2.24) is 9.97 Å². The van der Waals surface area contributed by atoms with Gasteiger partial charge in [0, 0.05) is 5.02 Å². The molecular weight excluding hydrogens is 363 g/mol. The Hall–Kier alpha value is -2.70. The summed E-state index contributed by atoms with van der Waals surface area (Å²) in [6, 6.07) is 12.1. The Balaban J connectivity index is 1.83. The van der Waals surface area contributed by atoms with Crippen LogP contribution in [0.4, 0.5) is 17.2 Å². The van der Waals surface area contributed by atoms with E-state index in [4.69, 9.17) is 38.4 Å². The molecule has 2 aromatic carbocycles. The van der Waals surface area contributed by atoms with E-state index in [1.807, 2.05) is 0 Å². The summed E-state index contributed by atoms with van der Waals surface area (Å²) in [4.78, 5) is 8.20. The molecule has 0 amide bonds. The summed E-state index contributed by atoms with van der Waals surface area (Å²) in [5.74, 6) is 1.90. The quantitative estimate of drug-likeness (QED) is 0.658. The van der Waals surface area contributed by atoms with Gasteiger partial charge in [0.15, 0.2) is 5.82 Å². The Kier molecular flexibility index (Phi) is 5.11. The second kappa shape index (κ2) is 7.46. The van der Waals surface area contributed by atoms with Gasteiger partial charge in [-0.1, -0.05) is 23.2 Å². The summed E-state index contributed by atoms with van der Waals surface area (Å²) in [6.45, 7) is 0. The monoisotopic (exact) mass is 376 g/mol. The van der Waals surface area contributed by atoms with Crippen molar-refractivity contribution in [3.05, 3.63) is 58.8 Å². The predicted octanol–water partition coefficient (Wildman–Crippen LogP) is 4.91. The van der Waals surface area contributed by atoms with E-state index in [2.05, 4.69) is 15.3 Å². The normalized spacial score (nSPS) is 10.4. The molecule has 0 bridgehead atoms. The standard InChI is InChI=1S/C17H14Cl2N4O2/c1-24-11-3-5-12(6-4-11)25-17-15(20)16(21-9-22-17)23-14-7-2-10(18)8-13(14)19/h2-9H,20H2,1H3,(H,21,22,23). The Morgan fingerprint density at radius 3 is 2.40 bits per heavy atom. The fourth-order valence-electron chi connectivity index (χ4n) is 2.03. The fourth-order valence-corrected chi connectivity index (χ4v) is 2.49. The topological polar surface area (TPSA) is 82.3 Å². The molecule has 3 N–H and O–H groups in total. The molecule has 0 spiro atoms. The molecular formula is C17H14Cl2N4O2. The Morgan fingerprint density at radius 1 is 1.00 bits per heavy atom. The molecule has 0 aliphatic heterocycles. The third-order valence-electron chi connectivity index (χ3n) is 3.31. The van der Waals surface area contributed by atoms with E-state index >= 15 is 0 Å². The molecule has 3 rings (SSSR count). The molecule has 0 atom stereocenters. The van der Waals surface area contributed by atoms with Gasteiger partial charge in [-0.05, 0) is 42.5 Å². The number of nitrogens with zero attached hydrogens (tertiary/aromatic N) is 2. The maximum absolute atomic E-state index is 6.16. The Labute approximate surface area is 154 Å². The van der Waals surface area contributed by atoms with Crippen LogP contribution >= 0.6 is 23.2 Å². The molecule has 6 nitrogen and oxygen atoms in total. The van der Waals surface area contributed by atoms with Gasteiger partial charge >= 0.3 is 0 Å². The molecule has 128 valence electrons. The third kappa shape index (κ3) is 4.04. The highest BCUT2D eigenvalue weighted by atomic mass is 35.5. The minimum absolute atomic E-state index is 0.229. The second-order valence-electron chi connectivity index (χ2n) is 4.97. The number of methoxy groups -OCH3 is 1. The molecule has 8 heteroatoms. The predicted molar refractivity (Wildman–Crippen MR) is 99.3 cm³/mol. The third-order valence-corrected chi connectivity index (χ3v) is 3.85. The van der Waals surface area contributed by atoms with Crippen molar-refractivity contribution in [1.29, 1.82) is 0 Å². The van der Waals surface area contributed by atoms with Gasteiger partial charge < -0.3 is 20.5 Å². The number of nitrogens with two attached hydrogens (primary N) is 1. The van der Waals surface area contributed by atoms with Gasteiger partial charge in [0.1, 0.15) is 23.5 Å². The lowest BCUT2D eigenvalue weighted by molar-refractivity contribution is 0.412. The molecule has 1 aromatic heterocycles. The van der Waals surface area contributed by atoms with Gasteiger partial charge in [0.25, 0.3) is 0 Å². The summed E-state index contributed by atoms with van der Waals surface area (Å²) in [5, 5.41) is 4.03. The van der Waals surface area contributed by atoms with Crippen molar-refractivity contribution in [2.75, 3.05) is 18.2 Å². The summed E-state index contributed by atoms with van der Waals surface area (Å²) in [5.41, 5.74) is 6.98. The number of ether oxygens (including phenoxy) is 2. The largest absolute Gasteiger partial charge is 0.497 e. The van der Waals surface area contributed by atoms with Crippen molar-refractivity contribution >= 4 is 40.4 Å². The van der Waals surface area contributed by atoms with E-state index in [9.17, 15) is 0 Å². The van der Waals surface area contributed by atoms with E-state index in [1.165, 1.54) is 6.33 Å². The first kappa shape index (κ1) is 17.1. The number of aromatic nitrogens is 2. The number of anilines is 3. The van der Waals surface area contributed by atoms with Crippen molar-refractivity contribution in [2.45, 2.75) is 0 Å². The van der Waals surface area contributed by atoms with E-state index in [0.717, 1.165) is 5.75 Å². The molecule has 0 unspecified atom stereocenters. The van der Waals surface area contributed by atoms with Crippen LogP contribution in [0.25, 0.3) is 0 Å². The molecule has 0 radical (unpaired) electrons. The summed E-state index contributed by atoms with van der Waals surface area (Å²) < 4.78 is 10.8. The first-order chi connectivity index (χ1) is 12.1. The number of hydrogen-bond donors (Lipinski definition) is 2. The number of nitrogen functional groups attached to an aromatic ring is 1. The van der Waals surface area contributed by atoms with Gasteiger partial charge in [-0.25, -0.2) is 4.98 Å². The van der Waals surface area contributed by atoms with Crippen LogP contribution in [0.5, 0.6) is 17.4 Å². The molecule has 0 saturated carbocycles.